The fourth-order valence-electron chi connectivity index (χ4n) is 1.68. The van der Waals surface area contributed by atoms with Gasteiger partial charge < -0.3 is 20.3 Å². The molecule has 118 valence electrons. The van der Waals surface area contributed by atoms with Crippen LogP contribution in [0.5, 0.6) is 5.75 Å². The van der Waals surface area contributed by atoms with Crippen molar-refractivity contribution in [3.05, 3.63) is 28.2 Å². The second-order valence-corrected chi connectivity index (χ2v) is 5.82. The summed E-state index contributed by atoms with van der Waals surface area (Å²) in [6.07, 6.45) is 0.986. The maximum Gasteiger partial charge on any atom is 0.316 e. The van der Waals surface area contributed by atoms with Gasteiger partial charge in [-0.25, -0.2) is 4.79 Å². The molecule has 0 aliphatic rings. The molecule has 2 amide bonds. The van der Waals surface area contributed by atoms with Gasteiger partial charge >= 0.3 is 6.03 Å². The molecule has 0 aliphatic carbocycles. The molecule has 1 aromatic carbocycles. The number of rotatable bonds is 8. The van der Waals surface area contributed by atoms with Crippen LogP contribution in [0, 0.1) is 0 Å². The number of nitrogens with one attached hydrogen (secondary N) is 2. The van der Waals surface area contributed by atoms with Gasteiger partial charge in [-0.05, 0) is 24.6 Å². The summed E-state index contributed by atoms with van der Waals surface area (Å²) in [5.41, 5.74) is 1.11. The Bertz CT molecular complexity index is 453. The van der Waals surface area contributed by atoms with Gasteiger partial charge in [0, 0.05) is 43.8 Å². The van der Waals surface area contributed by atoms with Crippen molar-refractivity contribution in [1.29, 1.82) is 0 Å². The molecule has 1 rings (SSSR count). The molecule has 0 unspecified atom stereocenters. The number of hydrogen-bond donors (Lipinski definition) is 2. The van der Waals surface area contributed by atoms with Crippen LogP contribution in [0.15, 0.2) is 22.7 Å². The van der Waals surface area contributed by atoms with Crippen molar-refractivity contribution in [3.63, 3.8) is 0 Å². The first kappa shape index (κ1) is 17.8. The smallest absolute Gasteiger partial charge is 0.316 e. The minimum absolute atomic E-state index is 0.0776. The zero-order chi connectivity index (χ0) is 15.7. The van der Waals surface area contributed by atoms with Crippen molar-refractivity contribution in [2.24, 2.45) is 0 Å². The van der Waals surface area contributed by atoms with Crippen LogP contribution < -0.4 is 15.4 Å². The Morgan fingerprint density at radius 3 is 2.76 bits per heavy atom. The molecule has 0 saturated carbocycles. The van der Waals surface area contributed by atoms with E-state index in [4.69, 9.17) is 4.74 Å². The molecule has 21 heavy (non-hydrogen) atoms. The van der Waals surface area contributed by atoms with E-state index < -0.39 is 0 Å². The number of ether oxygens (including phenoxy) is 1. The van der Waals surface area contributed by atoms with Crippen molar-refractivity contribution in [2.45, 2.75) is 19.9 Å². The van der Waals surface area contributed by atoms with Crippen LogP contribution in [0.4, 0.5) is 4.79 Å². The number of urea groups is 1. The second-order valence-electron chi connectivity index (χ2n) is 4.90. The average Bonchev–Trinajstić information content (AvgIpc) is 2.45. The quantitative estimate of drug-likeness (QED) is 0.703. The third-order valence-electron chi connectivity index (χ3n) is 2.78. The molecule has 6 heteroatoms. The molecular formula is C15H24BrN3O2. The van der Waals surface area contributed by atoms with Crippen LogP contribution in [0.1, 0.15) is 18.9 Å². The molecule has 0 saturated heterocycles. The summed E-state index contributed by atoms with van der Waals surface area (Å²) in [6, 6.07) is 5.93. The molecule has 1 aromatic rings. The lowest BCUT2D eigenvalue weighted by atomic mass is 10.2. The van der Waals surface area contributed by atoms with Gasteiger partial charge in [0.2, 0.25) is 0 Å². The third-order valence-corrected chi connectivity index (χ3v) is 3.28. The number of hydrogen-bond acceptors (Lipinski definition) is 3. The van der Waals surface area contributed by atoms with Gasteiger partial charge in [0.1, 0.15) is 5.75 Å². The Balaban J connectivity index is 2.40. The monoisotopic (exact) mass is 357 g/mol. The van der Waals surface area contributed by atoms with Crippen molar-refractivity contribution >= 4 is 22.0 Å². The van der Waals surface area contributed by atoms with Gasteiger partial charge in [0.25, 0.3) is 0 Å². The normalized spacial score (nSPS) is 10.3. The lowest BCUT2D eigenvalue weighted by Crippen LogP contribution is -2.38. The minimum Gasteiger partial charge on any atom is -0.493 e. The number of halogens is 1. The van der Waals surface area contributed by atoms with Gasteiger partial charge in [-0.2, -0.15) is 0 Å². The van der Waals surface area contributed by atoms with E-state index in [2.05, 4.69) is 39.6 Å². The summed E-state index contributed by atoms with van der Waals surface area (Å²) >= 11 is 3.48. The highest BCUT2D eigenvalue weighted by molar-refractivity contribution is 9.10. The van der Waals surface area contributed by atoms with Crippen LogP contribution in [-0.2, 0) is 6.54 Å². The van der Waals surface area contributed by atoms with E-state index >= 15 is 0 Å². The van der Waals surface area contributed by atoms with Crippen LogP contribution in [0.3, 0.4) is 0 Å². The third kappa shape index (κ3) is 6.82. The maximum atomic E-state index is 11.4. The molecule has 0 radical (unpaired) electrons. The molecule has 2 N–H and O–H groups in total. The average molecular weight is 358 g/mol. The van der Waals surface area contributed by atoms with Gasteiger partial charge in [0.15, 0.2) is 0 Å². The Kier molecular flexibility index (Phi) is 8.15. The highest BCUT2D eigenvalue weighted by Crippen LogP contribution is 2.23. The molecule has 0 atom stereocenters. The fourth-order valence-corrected chi connectivity index (χ4v) is 2.09. The highest BCUT2D eigenvalue weighted by Gasteiger charge is 2.05. The lowest BCUT2D eigenvalue weighted by molar-refractivity contribution is 0.217. The first-order chi connectivity index (χ1) is 10.0. The van der Waals surface area contributed by atoms with E-state index in [9.17, 15) is 4.79 Å². The topological polar surface area (TPSA) is 53.6 Å². The number of amides is 2. The van der Waals surface area contributed by atoms with E-state index in [1.165, 1.54) is 4.90 Å². The summed E-state index contributed by atoms with van der Waals surface area (Å²) < 4.78 is 6.76. The van der Waals surface area contributed by atoms with Gasteiger partial charge in [-0.15, -0.1) is 0 Å². The Morgan fingerprint density at radius 2 is 2.10 bits per heavy atom. The molecule has 0 aliphatic heterocycles. The molecule has 5 nitrogen and oxygen atoms in total. The number of carbonyl (C=O) groups is 1. The molecule has 0 bridgehead atoms. The predicted octanol–water partition coefficient (Wildman–Crippen LogP) is 2.60. The first-order valence-corrected chi connectivity index (χ1v) is 7.91. The molecule has 0 aromatic heterocycles. The standard InChI is InChI=1S/C15H24BrN3O2/c1-4-9-21-14-6-5-13(16)10-12(14)11-17-7-8-18-15(20)19(2)3/h5-6,10,17H,4,7-9,11H2,1-3H3,(H,18,20). The number of carbonyl (C=O) groups excluding carboxylic acids is 1. The van der Waals surface area contributed by atoms with Crippen LogP contribution in [0.2, 0.25) is 0 Å². The van der Waals surface area contributed by atoms with E-state index in [1.807, 2.05) is 12.1 Å². The summed E-state index contributed by atoms with van der Waals surface area (Å²) in [6.45, 7) is 4.81. The van der Waals surface area contributed by atoms with Crippen LogP contribution in [-0.4, -0.2) is 44.7 Å². The van der Waals surface area contributed by atoms with Gasteiger partial charge in [0.05, 0.1) is 6.61 Å². The first-order valence-electron chi connectivity index (χ1n) is 7.11. The van der Waals surface area contributed by atoms with Crippen molar-refractivity contribution in [3.8, 4) is 5.75 Å². The zero-order valence-electron chi connectivity index (χ0n) is 12.9. The summed E-state index contributed by atoms with van der Waals surface area (Å²) in [5, 5.41) is 6.12. The van der Waals surface area contributed by atoms with Crippen molar-refractivity contribution < 1.29 is 9.53 Å². The number of benzene rings is 1. The summed E-state index contributed by atoms with van der Waals surface area (Å²) in [4.78, 5) is 12.9. The van der Waals surface area contributed by atoms with Crippen LogP contribution in [0.25, 0.3) is 0 Å². The van der Waals surface area contributed by atoms with Gasteiger partial charge in [-0.3, -0.25) is 0 Å². The molecule has 0 spiro atoms. The van der Waals surface area contributed by atoms with E-state index in [0.717, 1.165) is 22.2 Å². The van der Waals surface area contributed by atoms with Crippen molar-refractivity contribution in [1.82, 2.24) is 15.5 Å². The zero-order valence-corrected chi connectivity index (χ0v) is 14.5. The molecule has 0 fully saturated rings. The van der Waals surface area contributed by atoms with Gasteiger partial charge in [-0.1, -0.05) is 22.9 Å². The number of nitrogens with zero attached hydrogens (tertiary/aromatic N) is 1. The maximum absolute atomic E-state index is 11.4. The highest BCUT2D eigenvalue weighted by atomic mass is 79.9. The fraction of sp³-hybridized carbons (Fsp3) is 0.533. The molecular weight excluding hydrogens is 334 g/mol. The predicted molar refractivity (Wildman–Crippen MR) is 88.7 cm³/mol. The molecule has 0 heterocycles. The van der Waals surface area contributed by atoms with Crippen molar-refractivity contribution in [2.75, 3.05) is 33.8 Å². The summed E-state index contributed by atoms with van der Waals surface area (Å²) in [7, 11) is 3.45. The van der Waals surface area contributed by atoms with E-state index in [1.54, 1.807) is 14.1 Å². The summed E-state index contributed by atoms with van der Waals surface area (Å²) in [5.74, 6) is 0.907. The minimum atomic E-state index is -0.0776. The second kappa shape index (κ2) is 9.63. The Morgan fingerprint density at radius 1 is 1.33 bits per heavy atom. The largest absolute Gasteiger partial charge is 0.493 e. The SMILES string of the molecule is CCCOc1ccc(Br)cc1CNCCNC(=O)N(C)C. The van der Waals surface area contributed by atoms with E-state index in [-0.39, 0.29) is 6.03 Å². The van der Waals surface area contributed by atoms with Crippen LogP contribution >= 0.6 is 15.9 Å². The Labute approximate surface area is 135 Å². The lowest BCUT2D eigenvalue weighted by Gasteiger charge is -2.14. The Hall–Kier alpha value is -1.27. The van der Waals surface area contributed by atoms with E-state index in [0.29, 0.717) is 26.2 Å².